The van der Waals surface area contributed by atoms with E-state index in [9.17, 15) is 57.5 Å². The van der Waals surface area contributed by atoms with Crippen molar-refractivity contribution in [3.63, 3.8) is 0 Å². The molecule has 6 N–H and O–H groups in total. The first-order chi connectivity index (χ1) is 70.6. The second-order valence-electron chi connectivity index (χ2n) is 47.5. The zero-order valence-corrected chi connectivity index (χ0v) is 95.7. The van der Waals surface area contributed by atoms with E-state index in [0.29, 0.717) is 39.1 Å². The molecule has 2 aromatic rings. The Morgan fingerprint density at radius 3 is 0.646 bits per heavy atom. The number of amides is 12. The van der Waals surface area contributed by atoms with Crippen LogP contribution in [0.3, 0.4) is 0 Å². The summed E-state index contributed by atoms with van der Waals surface area (Å²) in [6, 6.07) is 13.8. The third kappa shape index (κ3) is 47.5. The van der Waals surface area contributed by atoms with E-state index < -0.39 is 0 Å². The Morgan fingerprint density at radius 1 is 0.245 bits per heavy atom. The highest BCUT2D eigenvalue weighted by Gasteiger charge is 2.57. The molecule has 12 aliphatic rings. The van der Waals surface area contributed by atoms with Gasteiger partial charge in [0.2, 0.25) is 70.9 Å². The van der Waals surface area contributed by atoms with Crippen molar-refractivity contribution < 1.29 is 57.5 Å². The van der Waals surface area contributed by atoms with Gasteiger partial charge >= 0.3 is 0 Å². The average molecular weight is 2050 g/mol. The average Bonchev–Trinajstić information content (AvgIpc) is 0.745. The third-order valence-corrected chi connectivity index (χ3v) is 34.3. The van der Waals surface area contributed by atoms with Gasteiger partial charge in [0.15, 0.2) is 0 Å². The standard InChI is InChI=1S/C39H68N4O4.C34H53N3O3.C20H34N2O2.C17H34N2O2.C13H21NO/c1-6-8-10-12-20-26-42(4)38(46)31-36(44)40-24-18-14-16-22-34-28-33(3)29-35(30-34)23-17-15-19-25-41-37(45)32-39(47)43(5)27-21-13-11-9-7-2;1-4-31(38)35-13-9-5-7-11-26-15-25(2)16-27(17-26)12-8-6-10-14-36-32(39)21-33(40)37(3)34-22-28-18-29(23-34)20-30(19-28)24-34;1-3-4-5-6-7-21-18(23)11-19(24)22(2)20-12-15-8-16(13-20)10-17(9-15)14-20;1-4-6-8-10-12-14-19(3)17(21)15-16(20)18-13-11-9-7-5-2;1-9(15)14(2)13-6-10-3-11(7-13)5-12(4-10)8-13/h28-30H,6-27,31-32H2,1-5H3,(H,40,44)(H,41,45);15-17,28-30H,4-14,18-24H2,1-3H3,(H,35,38)(H,36,39);15-17H,3-14H2,1-2H3,(H,21,23);4-15H2,1-3H3,(H,18,20);10-12H,3-8H2,1-2H3. The second kappa shape index (κ2) is 69.6. The smallest absolute Gasteiger partial charge is 0.232 e. The molecule has 12 bridgehead atoms. The normalized spacial score (nSPS) is 21.9. The maximum Gasteiger partial charge on any atom is 0.232 e. The number of carbonyl (C=O) groups excluding carboxylic acids is 12. The number of benzene rings is 2. The van der Waals surface area contributed by atoms with Crippen LogP contribution in [0, 0.1) is 67.1 Å². The van der Waals surface area contributed by atoms with Gasteiger partial charge in [-0.3, -0.25) is 57.5 Å². The molecular weight excluding hydrogens is 1840 g/mol. The summed E-state index contributed by atoms with van der Waals surface area (Å²) in [4.78, 5) is 157. The third-order valence-electron chi connectivity index (χ3n) is 34.3. The lowest BCUT2D eigenvalue weighted by Crippen LogP contribution is -2.60. The van der Waals surface area contributed by atoms with E-state index >= 15 is 0 Å². The summed E-state index contributed by atoms with van der Waals surface area (Å²) in [7, 11) is 11.3. The Labute approximate surface area is 892 Å². The van der Waals surface area contributed by atoms with Gasteiger partial charge in [-0.15, -0.1) is 0 Å². The Balaban J connectivity index is 0.000000262. The fourth-order valence-corrected chi connectivity index (χ4v) is 26.8. The second-order valence-corrected chi connectivity index (χ2v) is 47.5. The van der Waals surface area contributed by atoms with E-state index in [-0.39, 0.29) is 120 Å². The Bertz CT molecular complexity index is 4060. The van der Waals surface area contributed by atoms with Gasteiger partial charge in [0.05, 0.1) is 0 Å². The number of hydrogen-bond donors (Lipinski definition) is 6. The molecule has 12 fully saturated rings. The molecule has 14 rings (SSSR count). The summed E-state index contributed by atoms with van der Waals surface area (Å²) in [5.74, 6) is 7.01. The number of rotatable bonds is 66. The Morgan fingerprint density at radius 2 is 0.435 bits per heavy atom. The number of unbranched alkanes of at least 4 members (excludes halogenated alkanes) is 26. The molecule has 12 amide bonds. The highest BCUT2D eigenvalue weighted by Crippen LogP contribution is 2.60. The van der Waals surface area contributed by atoms with E-state index in [0.717, 1.165) is 266 Å². The summed E-state index contributed by atoms with van der Waals surface area (Å²) >= 11 is 0. The fourth-order valence-electron chi connectivity index (χ4n) is 26.8. The van der Waals surface area contributed by atoms with Crippen LogP contribution in [0.15, 0.2) is 36.4 Å². The van der Waals surface area contributed by atoms with Crippen molar-refractivity contribution in [2.75, 3.05) is 101 Å². The molecule has 24 nitrogen and oxygen atoms in total. The molecule has 0 aliphatic heterocycles. The van der Waals surface area contributed by atoms with Crippen molar-refractivity contribution in [1.29, 1.82) is 0 Å². The number of carbonyl (C=O) groups is 12. The van der Waals surface area contributed by atoms with Crippen molar-refractivity contribution in [1.82, 2.24) is 61.3 Å². The Kier molecular flexibility index (Phi) is 59.6. The van der Waals surface area contributed by atoms with E-state index in [1.807, 2.05) is 37.9 Å². The van der Waals surface area contributed by atoms with Crippen LogP contribution in [0.1, 0.15) is 461 Å². The van der Waals surface area contributed by atoms with Crippen molar-refractivity contribution >= 4 is 70.9 Å². The van der Waals surface area contributed by atoms with Crippen LogP contribution in [-0.4, -0.2) is 218 Å². The quantitative estimate of drug-likeness (QED) is 0.0266. The first-order valence-electron chi connectivity index (χ1n) is 59.9. The summed E-state index contributed by atoms with van der Waals surface area (Å²) in [5, 5.41) is 17.5. The predicted octanol–water partition coefficient (Wildman–Crippen LogP) is 22.6. The lowest BCUT2D eigenvalue weighted by atomic mass is 9.52. The molecule has 0 radical (unpaired) electrons. The van der Waals surface area contributed by atoms with Gasteiger partial charge in [-0.05, 0) is 314 Å². The minimum Gasteiger partial charge on any atom is -0.356 e. The zero-order valence-electron chi connectivity index (χ0n) is 95.7. The van der Waals surface area contributed by atoms with Crippen molar-refractivity contribution in [2.24, 2.45) is 53.3 Å². The highest BCUT2D eigenvalue weighted by molar-refractivity contribution is 5.99. The van der Waals surface area contributed by atoms with Gasteiger partial charge in [-0.25, -0.2) is 0 Å². The topological polar surface area (TPSA) is 296 Å². The first kappa shape index (κ1) is 126. The van der Waals surface area contributed by atoms with Crippen molar-refractivity contribution in [3.8, 4) is 0 Å². The van der Waals surface area contributed by atoms with Crippen LogP contribution in [-0.2, 0) is 83.2 Å². The summed E-state index contributed by atoms with van der Waals surface area (Å²) < 4.78 is 0. The van der Waals surface area contributed by atoms with Gasteiger partial charge in [-0.1, -0.05) is 230 Å². The van der Waals surface area contributed by atoms with Gasteiger partial charge in [0.25, 0.3) is 0 Å². The molecule has 12 aliphatic carbocycles. The predicted molar refractivity (Wildman–Crippen MR) is 598 cm³/mol. The van der Waals surface area contributed by atoms with Crippen LogP contribution in [0.4, 0.5) is 0 Å². The molecule has 0 spiro atoms. The van der Waals surface area contributed by atoms with Crippen LogP contribution < -0.4 is 31.9 Å². The van der Waals surface area contributed by atoms with Crippen molar-refractivity contribution in [2.45, 2.75) is 483 Å². The molecule has 12 saturated carbocycles. The molecule has 147 heavy (non-hydrogen) atoms. The zero-order chi connectivity index (χ0) is 107. The fraction of sp³-hybridized carbons (Fsp3) is 0.805. The van der Waals surface area contributed by atoms with E-state index in [2.05, 4.69) is 122 Å². The minimum atomic E-state index is -0.180. The van der Waals surface area contributed by atoms with Crippen LogP contribution in [0.5, 0.6) is 0 Å². The van der Waals surface area contributed by atoms with Gasteiger partial charge in [0.1, 0.15) is 32.1 Å². The largest absolute Gasteiger partial charge is 0.356 e. The summed E-state index contributed by atoms with van der Waals surface area (Å²) in [6.07, 6.45) is 66.9. The number of hydrogen-bond acceptors (Lipinski definition) is 12. The molecule has 0 atom stereocenters. The molecule has 834 valence electrons. The monoisotopic (exact) mass is 2050 g/mol. The molecule has 0 aromatic heterocycles. The maximum absolute atomic E-state index is 13.0. The van der Waals surface area contributed by atoms with Crippen LogP contribution in [0.25, 0.3) is 0 Å². The molecule has 0 saturated heterocycles. The van der Waals surface area contributed by atoms with Gasteiger partial charge < -0.3 is 61.3 Å². The lowest BCUT2D eigenvalue weighted by molar-refractivity contribution is -0.150. The molecule has 2 aromatic carbocycles. The van der Waals surface area contributed by atoms with E-state index in [1.165, 1.54) is 213 Å². The Hall–Kier alpha value is -7.92. The van der Waals surface area contributed by atoms with Crippen LogP contribution >= 0.6 is 0 Å². The minimum absolute atomic E-state index is 0.00189. The SMILES string of the molecule is CC(=O)N(C)C12CC3CC(CC(C3)C1)C2.CCC(=O)NCCCCCc1cc(C)cc(CCCCCNC(=O)CC(=O)N(C)C23CC4CC(CC(C4)C2)C3)c1.CCCCCCCN(C)C(=O)CC(=O)NCCCCCC.CCCCCCCN(C)C(=O)CC(=O)NCCCCCc1cc(C)cc(CCCCCNC(=O)CC(=O)N(C)CCCCCCC)c1.CCCCCCNC(=O)CC(=O)N(C)C12CC3CC(CC(C3)C1)C2. The van der Waals surface area contributed by atoms with Crippen LogP contribution in [0.2, 0.25) is 0 Å². The maximum atomic E-state index is 13.0. The van der Waals surface area contributed by atoms with E-state index in [1.54, 1.807) is 42.8 Å². The highest BCUT2D eigenvalue weighted by atomic mass is 16.2. The molecular formula is C123H210N12O12. The number of nitrogens with zero attached hydrogens (tertiary/aromatic N) is 6. The molecule has 24 heteroatoms. The molecule has 0 unspecified atom stereocenters. The summed E-state index contributed by atoms with van der Waals surface area (Å²) in [5.41, 5.74) is 8.46. The van der Waals surface area contributed by atoms with Crippen molar-refractivity contribution in [3.05, 3.63) is 69.8 Å². The van der Waals surface area contributed by atoms with E-state index in [4.69, 9.17) is 0 Å². The van der Waals surface area contributed by atoms with Gasteiger partial charge in [-0.2, -0.15) is 0 Å². The summed E-state index contributed by atoms with van der Waals surface area (Å²) in [6.45, 7) is 25.1. The lowest BCUT2D eigenvalue weighted by Gasteiger charge is -2.59. The number of aryl methyl sites for hydroxylation is 6. The molecule has 0 heterocycles. The number of nitrogens with one attached hydrogen (secondary N) is 6. The van der Waals surface area contributed by atoms with Gasteiger partial charge in [0, 0.05) is 131 Å². The first-order valence-corrected chi connectivity index (χ1v) is 59.9.